The Hall–Kier alpha value is -10.2. The standard InChI is InChI=1S/C69H42O6/c70-67(71)64-55-19-7-1-13-49(55)61(50-14-2-8-20-56(50)64)43-31-25-40(26-32-43)46-37-47(41-27-33-44(34-28-41)62-51-15-3-9-21-57(51)65(68(72)73)58-22-10-4-16-52(58)62)39-48(38-46)42-29-35-45(36-30-42)63-53-17-5-11-23-59(53)66(69(74)75)60-24-12-6-18-54(60)63/h1-39H,(H,70,71)(H,72,73)(H,74,75). The van der Waals surface area contributed by atoms with Crippen LogP contribution in [0.1, 0.15) is 31.1 Å². The van der Waals surface area contributed by atoms with Crippen molar-refractivity contribution in [2.24, 2.45) is 0 Å². The summed E-state index contributed by atoms with van der Waals surface area (Å²) in [5.74, 6) is -2.88. The van der Waals surface area contributed by atoms with E-state index in [9.17, 15) is 29.7 Å². The van der Waals surface area contributed by atoms with Gasteiger partial charge in [0, 0.05) is 0 Å². The third-order valence-corrected chi connectivity index (χ3v) is 14.9. The van der Waals surface area contributed by atoms with Crippen LogP contribution in [0.3, 0.4) is 0 Å². The summed E-state index contributed by atoms with van der Waals surface area (Å²) in [6.45, 7) is 0. The highest BCUT2D eigenvalue weighted by molar-refractivity contribution is 6.25. The fraction of sp³-hybridized carbons (Fsp3) is 0. The van der Waals surface area contributed by atoms with Gasteiger partial charge in [0.25, 0.3) is 0 Å². The molecule has 3 N–H and O–H groups in total. The van der Waals surface area contributed by atoms with Gasteiger partial charge in [-0.3, -0.25) is 0 Å². The van der Waals surface area contributed by atoms with E-state index in [4.69, 9.17) is 0 Å². The van der Waals surface area contributed by atoms with E-state index in [1.54, 1.807) is 0 Å². The lowest BCUT2D eigenvalue weighted by Gasteiger charge is -2.17. The van der Waals surface area contributed by atoms with Crippen LogP contribution in [0.15, 0.2) is 237 Å². The van der Waals surface area contributed by atoms with E-state index in [1.807, 2.05) is 146 Å². The SMILES string of the molecule is O=C(O)c1c2ccccc2c(-c2ccc(-c3cc(-c4ccc(-c5c6ccccc6c(C(=O)O)c6ccccc56)cc4)cc(-c4ccc(-c5c6ccccc6c(C(=O)O)c6ccccc56)cc4)c3)cc2)c2ccccc12. The lowest BCUT2D eigenvalue weighted by molar-refractivity contribution is 0.0690. The number of carbonyl (C=O) groups is 3. The maximum Gasteiger partial charge on any atom is 0.336 e. The summed E-state index contributed by atoms with van der Waals surface area (Å²) in [5, 5.41) is 40.6. The number of carboxylic acid groups (broad SMARTS) is 3. The number of aromatic carboxylic acids is 3. The van der Waals surface area contributed by atoms with Gasteiger partial charge in [-0.05, 0) is 150 Å². The number of carboxylic acids is 3. The fourth-order valence-electron chi connectivity index (χ4n) is 11.6. The molecule has 13 aromatic carbocycles. The Kier molecular flexibility index (Phi) is 10.6. The molecule has 0 unspecified atom stereocenters. The van der Waals surface area contributed by atoms with Crippen LogP contribution < -0.4 is 0 Å². The minimum atomic E-state index is -0.961. The van der Waals surface area contributed by atoms with Crippen molar-refractivity contribution >= 4 is 82.5 Å². The Morgan fingerprint density at radius 1 is 0.200 bits per heavy atom. The Labute approximate surface area is 430 Å². The maximum absolute atomic E-state index is 12.7. The van der Waals surface area contributed by atoms with Crippen LogP contribution in [0, 0.1) is 0 Å². The highest BCUT2D eigenvalue weighted by Gasteiger charge is 2.23. The molecule has 354 valence electrons. The first-order chi connectivity index (χ1) is 36.7. The molecule has 0 aliphatic carbocycles. The van der Waals surface area contributed by atoms with Crippen LogP contribution in [-0.2, 0) is 0 Å². The van der Waals surface area contributed by atoms with Gasteiger partial charge in [0.2, 0.25) is 0 Å². The molecule has 0 amide bonds. The Balaban J connectivity index is 0.959. The Morgan fingerprint density at radius 2 is 0.360 bits per heavy atom. The van der Waals surface area contributed by atoms with Crippen LogP contribution >= 0.6 is 0 Å². The van der Waals surface area contributed by atoms with Crippen LogP contribution in [0.5, 0.6) is 0 Å². The average Bonchev–Trinajstić information content (AvgIpc) is 3.44. The minimum Gasteiger partial charge on any atom is -0.478 e. The van der Waals surface area contributed by atoms with E-state index in [1.165, 1.54) is 0 Å². The van der Waals surface area contributed by atoms with Crippen molar-refractivity contribution in [3.63, 3.8) is 0 Å². The molecule has 13 rings (SSSR count). The summed E-state index contributed by atoms with van der Waals surface area (Å²) in [4.78, 5) is 38.2. The first-order valence-corrected chi connectivity index (χ1v) is 24.7. The van der Waals surface area contributed by atoms with Gasteiger partial charge in [0.15, 0.2) is 0 Å². The number of hydrogen-bond donors (Lipinski definition) is 3. The van der Waals surface area contributed by atoms with Gasteiger partial charge >= 0.3 is 17.9 Å². The molecule has 0 bridgehead atoms. The van der Waals surface area contributed by atoms with Crippen molar-refractivity contribution in [2.75, 3.05) is 0 Å². The molecule has 0 atom stereocenters. The van der Waals surface area contributed by atoms with Gasteiger partial charge in [-0.25, -0.2) is 14.4 Å². The smallest absolute Gasteiger partial charge is 0.336 e. The van der Waals surface area contributed by atoms with E-state index in [-0.39, 0.29) is 0 Å². The summed E-state index contributed by atoms with van der Waals surface area (Å²) < 4.78 is 0. The molecule has 0 aromatic heterocycles. The Morgan fingerprint density at radius 3 is 0.533 bits per heavy atom. The third kappa shape index (κ3) is 7.38. The molecule has 0 saturated heterocycles. The third-order valence-electron chi connectivity index (χ3n) is 14.9. The second-order valence-corrected chi connectivity index (χ2v) is 19.0. The van der Waals surface area contributed by atoms with Crippen LogP contribution in [-0.4, -0.2) is 33.2 Å². The van der Waals surface area contributed by atoms with Crippen molar-refractivity contribution in [2.45, 2.75) is 0 Å². The van der Waals surface area contributed by atoms with Crippen LogP contribution in [0.4, 0.5) is 0 Å². The predicted octanol–water partition coefficient (Wildman–Crippen LogP) is 17.7. The second kappa shape index (κ2) is 17.8. The molecule has 6 heteroatoms. The predicted molar refractivity (Wildman–Crippen MR) is 305 cm³/mol. The topological polar surface area (TPSA) is 112 Å². The molecule has 0 aliphatic rings. The molecule has 0 fully saturated rings. The minimum absolute atomic E-state index is 0.294. The van der Waals surface area contributed by atoms with Crippen LogP contribution in [0.2, 0.25) is 0 Å². The normalized spacial score (nSPS) is 11.5. The lowest BCUT2D eigenvalue weighted by Crippen LogP contribution is -2.01. The largest absolute Gasteiger partial charge is 0.478 e. The molecular weight excluding hydrogens is 925 g/mol. The van der Waals surface area contributed by atoms with E-state index in [2.05, 4.69) is 91.0 Å². The quantitative estimate of drug-likeness (QED) is 0.124. The van der Waals surface area contributed by atoms with Gasteiger partial charge in [0.1, 0.15) is 0 Å². The highest BCUT2D eigenvalue weighted by atomic mass is 16.4. The van der Waals surface area contributed by atoms with Gasteiger partial charge in [0.05, 0.1) is 16.7 Å². The zero-order valence-corrected chi connectivity index (χ0v) is 40.1. The molecular formula is C69H42O6. The number of rotatable bonds is 9. The summed E-state index contributed by atoms with van der Waals surface area (Å²) in [6.07, 6.45) is 0. The monoisotopic (exact) mass is 966 g/mol. The van der Waals surface area contributed by atoms with E-state index < -0.39 is 17.9 Å². The molecule has 0 aliphatic heterocycles. The number of fused-ring (bicyclic) bond motifs is 6. The zero-order valence-electron chi connectivity index (χ0n) is 40.1. The molecule has 75 heavy (non-hydrogen) atoms. The van der Waals surface area contributed by atoms with Crippen LogP contribution in [0.25, 0.3) is 131 Å². The van der Waals surface area contributed by atoms with E-state index in [0.29, 0.717) is 49.0 Å². The summed E-state index contributed by atoms with van der Waals surface area (Å²) in [5.41, 5.74) is 12.7. The fourth-order valence-corrected chi connectivity index (χ4v) is 11.6. The maximum atomic E-state index is 12.7. The zero-order chi connectivity index (χ0) is 50.9. The first-order valence-electron chi connectivity index (χ1n) is 24.7. The first kappa shape index (κ1) is 44.7. The summed E-state index contributed by atoms with van der Waals surface area (Å²) in [6, 6.07) is 78.4. The van der Waals surface area contributed by atoms with Gasteiger partial charge < -0.3 is 15.3 Å². The van der Waals surface area contributed by atoms with Crippen molar-refractivity contribution in [3.8, 4) is 66.8 Å². The Bertz CT molecular complexity index is 3890. The van der Waals surface area contributed by atoms with Crippen molar-refractivity contribution < 1.29 is 29.7 Å². The molecule has 0 heterocycles. The summed E-state index contributed by atoms with van der Waals surface area (Å²) >= 11 is 0. The van der Waals surface area contributed by atoms with Crippen molar-refractivity contribution in [3.05, 3.63) is 253 Å². The lowest BCUT2D eigenvalue weighted by atomic mass is 9.86. The van der Waals surface area contributed by atoms with Crippen molar-refractivity contribution in [1.82, 2.24) is 0 Å². The number of hydrogen-bond acceptors (Lipinski definition) is 3. The van der Waals surface area contributed by atoms with E-state index >= 15 is 0 Å². The molecule has 0 spiro atoms. The van der Waals surface area contributed by atoms with Crippen molar-refractivity contribution in [1.29, 1.82) is 0 Å². The molecule has 13 aromatic rings. The highest BCUT2D eigenvalue weighted by Crippen LogP contribution is 2.44. The summed E-state index contributed by atoms with van der Waals surface area (Å²) in [7, 11) is 0. The number of benzene rings is 13. The molecule has 0 saturated carbocycles. The van der Waals surface area contributed by atoms with Gasteiger partial charge in [-0.1, -0.05) is 218 Å². The van der Waals surface area contributed by atoms with E-state index in [0.717, 1.165) is 99.1 Å². The van der Waals surface area contributed by atoms with Gasteiger partial charge in [-0.15, -0.1) is 0 Å². The molecule has 6 nitrogen and oxygen atoms in total. The van der Waals surface area contributed by atoms with Gasteiger partial charge in [-0.2, -0.15) is 0 Å². The average molecular weight is 967 g/mol. The second-order valence-electron chi connectivity index (χ2n) is 19.0. The molecule has 0 radical (unpaired) electrons.